The standard InChI is InChI=1S/C15H15FN2O2/c1-2-12(10-6-4-3-5-7-10)18-14-13(16)11(15(19)20)8-9-17-14/h3-9,12H,2H2,1H3,(H,17,18)(H,19,20). The van der Waals surface area contributed by atoms with Crippen LogP contribution in [0.15, 0.2) is 42.6 Å². The number of aromatic carboxylic acids is 1. The Labute approximate surface area is 116 Å². The second kappa shape index (κ2) is 6.14. The van der Waals surface area contributed by atoms with Crippen molar-refractivity contribution in [1.82, 2.24) is 4.98 Å². The average molecular weight is 274 g/mol. The second-order valence-corrected chi connectivity index (χ2v) is 4.34. The van der Waals surface area contributed by atoms with E-state index in [9.17, 15) is 9.18 Å². The van der Waals surface area contributed by atoms with E-state index in [1.165, 1.54) is 6.20 Å². The van der Waals surface area contributed by atoms with E-state index in [0.717, 1.165) is 18.1 Å². The number of anilines is 1. The van der Waals surface area contributed by atoms with Gasteiger partial charge in [0.2, 0.25) is 0 Å². The summed E-state index contributed by atoms with van der Waals surface area (Å²) in [6, 6.07) is 10.6. The van der Waals surface area contributed by atoms with Crippen LogP contribution in [0.1, 0.15) is 35.3 Å². The molecule has 1 unspecified atom stereocenters. The van der Waals surface area contributed by atoms with Crippen LogP contribution in [0.5, 0.6) is 0 Å². The third-order valence-corrected chi connectivity index (χ3v) is 3.04. The molecule has 1 aromatic heterocycles. The molecule has 1 atom stereocenters. The van der Waals surface area contributed by atoms with Gasteiger partial charge in [0, 0.05) is 6.20 Å². The summed E-state index contributed by atoms with van der Waals surface area (Å²) in [6.45, 7) is 1.96. The van der Waals surface area contributed by atoms with Gasteiger partial charge < -0.3 is 10.4 Å². The number of carboxylic acid groups (broad SMARTS) is 1. The zero-order valence-corrected chi connectivity index (χ0v) is 11.0. The van der Waals surface area contributed by atoms with Crippen LogP contribution in [-0.4, -0.2) is 16.1 Å². The van der Waals surface area contributed by atoms with Crippen LogP contribution in [0, 0.1) is 5.82 Å². The van der Waals surface area contributed by atoms with Gasteiger partial charge in [-0.3, -0.25) is 0 Å². The lowest BCUT2D eigenvalue weighted by Crippen LogP contribution is -2.14. The maximum absolute atomic E-state index is 14.0. The normalized spacial score (nSPS) is 11.9. The fourth-order valence-electron chi connectivity index (χ4n) is 1.98. The molecule has 0 aliphatic heterocycles. The van der Waals surface area contributed by atoms with Crippen LogP contribution < -0.4 is 5.32 Å². The van der Waals surface area contributed by atoms with Gasteiger partial charge in [0.15, 0.2) is 11.6 Å². The van der Waals surface area contributed by atoms with E-state index in [-0.39, 0.29) is 17.4 Å². The Hall–Kier alpha value is -2.43. The van der Waals surface area contributed by atoms with E-state index in [1.807, 2.05) is 37.3 Å². The Morgan fingerprint density at radius 2 is 2.05 bits per heavy atom. The summed E-state index contributed by atoms with van der Waals surface area (Å²) in [5.41, 5.74) is 0.613. The van der Waals surface area contributed by atoms with Crippen molar-refractivity contribution in [3.05, 3.63) is 59.5 Å². The molecule has 0 aliphatic rings. The van der Waals surface area contributed by atoms with Gasteiger partial charge in [0.05, 0.1) is 6.04 Å². The minimum absolute atomic E-state index is 0.0411. The summed E-state index contributed by atoms with van der Waals surface area (Å²) in [6.07, 6.45) is 2.01. The molecule has 20 heavy (non-hydrogen) atoms. The summed E-state index contributed by atoms with van der Waals surface area (Å²) >= 11 is 0. The fraction of sp³-hybridized carbons (Fsp3) is 0.200. The van der Waals surface area contributed by atoms with Gasteiger partial charge in [0.25, 0.3) is 0 Å². The Morgan fingerprint density at radius 1 is 1.35 bits per heavy atom. The minimum atomic E-state index is -1.30. The molecule has 2 aromatic rings. The van der Waals surface area contributed by atoms with E-state index in [4.69, 9.17) is 5.11 Å². The van der Waals surface area contributed by atoms with E-state index < -0.39 is 11.8 Å². The monoisotopic (exact) mass is 274 g/mol. The summed E-state index contributed by atoms with van der Waals surface area (Å²) < 4.78 is 14.0. The number of hydrogen-bond donors (Lipinski definition) is 2. The molecule has 0 saturated carbocycles. The molecule has 0 fully saturated rings. The Bertz CT molecular complexity index is 602. The first-order valence-electron chi connectivity index (χ1n) is 6.32. The zero-order valence-electron chi connectivity index (χ0n) is 11.0. The predicted octanol–water partition coefficient (Wildman–Crippen LogP) is 3.48. The molecule has 0 amide bonds. The lowest BCUT2D eigenvalue weighted by molar-refractivity contribution is 0.0692. The van der Waals surface area contributed by atoms with Crippen LogP contribution in [0.2, 0.25) is 0 Å². The van der Waals surface area contributed by atoms with Crippen molar-refractivity contribution in [2.24, 2.45) is 0 Å². The number of benzene rings is 1. The molecule has 104 valence electrons. The quantitative estimate of drug-likeness (QED) is 0.876. The van der Waals surface area contributed by atoms with Crippen molar-refractivity contribution in [2.45, 2.75) is 19.4 Å². The molecule has 1 aromatic carbocycles. The minimum Gasteiger partial charge on any atom is -0.478 e. The van der Waals surface area contributed by atoms with Crippen molar-refractivity contribution in [2.75, 3.05) is 5.32 Å². The van der Waals surface area contributed by atoms with Gasteiger partial charge in [-0.25, -0.2) is 14.2 Å². The first-order chi connectivity index (χ1) is 9.63. The van der Waals surface area contributed by atoms with Crippen molar-refractivity contribution in [3.8, 4) is 0 Å². The highest BCUT2D eigenvalue weighted by Crippen LogP contribution is 2.24. The predicted molar refractivity (Wildman–Crippen MR) is 74.3 cm³/mol. The number of carbonyl (C=O) groups is 1. The van der Waals surface area contributed by atoms with Crippen molar-refractivity contribution < 1.29 is 14.3 Å². The third kappa shape index (κ3) is 2.93. The summed E-state index contributed by atoms with van der Waals surface area (Å²) in [7, 11) is 0. The van der Waals surface area contributed by atoms with Gasteiger partial charge in [0.1, 0.15) is 5.56 Å². The van der Waals surface area contributed by atoms with Gasteiger partial charge in [-0.05, 0) is 18.1 Å². The molecule has 1 heterocycles. The van der Waals surface area contributed by atoms with Gasteiger partial charge in [-0.2, -0.15) is 0 Å². The molecule has 0 spiro atoms. The van der Waals surface area contributed by atoms with Crippen molar-refractivity contribution in [1.29, 1.82) is 0 Å². The Morgan fingerprint density at radius 3 is 2.65 bits per heavy atom. The lowest BCUT2D eigenvalue weighted by Gasteiger charge is -2.18. The highest BCUT2D eigenvalue weighted by Gasteiger charge is 2.17. The molecule has 4 nitrogen and oxygen atoms in total. The van der Waals surface area contributed by atoms with E-state index in [2.05, 4.69) is 10.3 Å². The molecule has 2 rings (SSSR count). The number of nitrogens with one attached hydrogen (secondary N) is 1. The number of halogens is 1. The lowest BCUT2D eigenvalue weighted by atomic mass is 10.0. The van der Waals surface area contributed by atoms with Crippen molar-refractivity contribution in [3.63, 3.8) is 0 Å². The fourth-order valence-corrected chi connectivity index (χ4v) is 1.98. The van der Waals surface area contributed by atoms with Crippen LogP contribution >= 0.6 is 0 Å². The molecule has 0 radical (unpaired) electrons. The summed E-state index contributed by atoms with van der Waals surface area (Å²) in [5, 5.41) is 11.9. The second-order valence-electron chi connectivity index (χ2n) is 4.34. The average Bonchev–Trinajstić information content (AvgIpc) is 2.47. The highest BCUT2D eigenvalue weighted by atomic mass is 19.1. The zero-order chi connectivity index (χ0) is 14.5. The smallest absolute Gasteiger partial charge is 0.338 e. The van der Waals surface area contributed by atoms with Crippen LogP contribution in [0.25, 0.3) is 0 Å². The number of aromatic nitrogens is 1. The van der Waals surface area contributed by atoms with E-state index >= 15 is 0 Å². The third-order valence-electron chi connectivity index (χ3n) is 3.04. The SMILES string of the molecule is CCC(Nc1nccc(C(=O)O)c1F)c1ccccc1. The molecule has 2 N–H and O–H groups in total. The molecule has 0 aliphatic carbocycles. The number of rotatable bonds is 5. The first-order valence-corrected chi connectivity index (χ1v) is 6.32. The molecule has 5 heteroatoms. The highest BCUT2D eigenvalue weighted by molar-refractivity contribution is 5.88. The summed E-state index contributed by atoms with van der Waals surface area (Å²) in [5.74, 6) is -2.18. The molecular weight excluding hydrogens is 259 g/mol. The van der Waals surface area contributed by atoms with Gasteiger partial charge in [-0.1, -0.05) is 37.3 Å². The van der Waals surface area contributed by atoms with Crippen LogP contribution in [-0.2, 0) is 0 Å². The first kappa shape index (κ1) is 14.0. The molecule has 0 saturated heterocycles. The molecular formula is C15H15FN2O2. The Kier molecular flexibility index (Phi) is 4.30. The number of hydrogen-bond acceptors (Lipinski definition) is 3. The number of nitrogens with zero attached hydrogens (tertiary/aromatic N) is 1. The molecule has 0 bridgehead atoms. The number of carboxylic acids is 1. The maximum Gasteiger partial charge on any atom is 0.338 e. The summed E-state index contributed by atoms with van der Waals surface area (Å²) in [4.78, 5) is 14.8. The maximum atomic E-state index is 14.0. The van der Waals surface area contributed by atoms with Gasteiger partial charge >= 0.3 is 5.97 Å². The van der Waals surface area contributed by atoms with E-state index in [1.54, 1.807) is 0 Å². The van der Waals surface area contributed by atoms with Gasteiger partial charge in [-0.15, -0.1) is 0 Å². The van der Waals surface area contributed by atoms with Crippen molar-refractivity contribution >= 4 is 11.8 Å². The van der Waals surface area contributed by atoms with Crippen LogP contribution in [0.3, 0.4) is 0 Å². The topological polar surface area (TPSA) is 62.2 Å². The van der Waals surface area contributed by atoms with Crippen LogP contribution in [0.4, 0.5) is 10.2 Å². The van der Waals surface area contributed by atoms with E-state index in [0.29, 0.717) is 0 Å². The Balaban J connectivity index is 2.29. The largest absolute Gasteiger partial charge is 0.478 e. The number of pyridine rings is 1.